The molecule has 0 spiro atoms. The van der Waals surface area contributed by atoms with E-state index >= 15 is 0 Å². The summed E-state index contributed by atoms with van der Waals surface area (Å²) < 4.78 is 30.9. The highest BCUT2D eigenvalue weighted by molar-refractivity contribution is 6.76. The number of ketones is 1. The van der Waals surface area contributed by atoms with Gasteiger partial charge in [0.25, 0.3) is 0 Å². The zero-order valence-corrected chi connectivity index (χ0v) is 31.5. The van der Waals surface area contributed by atoms with E-state index in [1.54, 1.807) is 19.1 Å². The fraction of sp³-hybridized carbons (Fsp3) is 0.909. The van der Waals surface area contributed by atoms with Gasteiger partial charge in [-0.2, -0.15) is 0 Å². The first kappa shape index (κ1) is 38.0. The lowest BCUT2D eigenvalue weighted by atomic mass is 9.57. The quantitative estimate of drug-likeness (QED) is 0.113. The third-order valence-electron chi connectivity index (χ3n) is 11.8. The van der Waals surface area contributed by atoms with Crippen molar-refractivity contribution in [2.24, 2.45) is 22.7 Å². The summed E-state index contributed by atoms with van der Waals surface area (Å²) in [6, 6.07) is 0.959. The zero-order valence-electron chi connectivity index (χ0n) is 29.5. The van der Waals surface area contributed by atoms with E-state index in [2.05, 4.69) is 53.5 Å². The van der Waals surface area contributed by atoms with E-state index < -0.39 is 69.3 Å². The lowest BCUT2D eigenvalue weighted by Crippen LogP contribution is -2.64. The molecule has 44 heavy (non-hydrogen) atoms. The average Bonchev–Trinajstić information content (AvgIpc) is 3.15. The van der Waals surface area contributed by atoms with Crippen molar-refractivity contribution >= 4 is 22.2 Å². The number of carbonyl (C=O) groups is 1. The van der Waals surface area contributed by atoms with Crippen LogP contribution in [0.5, 0.6) is 0 Å². The highest BCUT2D eigenvalue weighted by atomic mass is 28.4. The Balaban J connectivity index is 2.20. The van der Waals surface area contributed by atoms with Gasteiger partial charge in [-0.3, -0.25) is 4.79 Å². The minimum Gasteiger partial charge on any atom is -0.411 e. The van der Waals surface area contributed by atoms with Gasteiger partial charge in [-0.1, -0.05) is 66.4 Å². The number of fused-ring (bicyclic) bond motifs is 3. The Bertz CT molecular complexity index is 1040. The maximum absolute atomic E-state index is 14.9. The van der Waals surface area contributed by atoms with Gasteiger partial charge in [0.2, 0.25) is 0 Å². The smallest absolute Gasteiger partial charge is 0.192 e. The third kappa shape index (κ3) is 6.88. The topological polar surface area (TPSA) is 124 Å². The monoisotopic (exact) mass is 658 g/mol. The van der Waals surface area contributed by atoms with Crippen molar-refractivity contribution in [2.45, 2.75) is 134 Å². The van der Waals surface area contributed by atoms with E-state index in [1.165, 1.54) is 7.11 Å². The molecule has 0 unspecified atom stereocenters. The highest BCUT2D eigenvalue weighted by Gasteiger charge is 2.68. The van der Waals surface area contributed by atoms with E-state index in [0.717, 1.165) is 6.04 Å². The highest BCUT2D eigenvalue weighted by Crippen LogP contribution is 2.61. The van der Waals surface area contributed by atoms with Gasteiger partial charge in [0.05, 0.1) is 29.8 Å². The second-order valence-electron chi connectivity index (χ2n) is 17.0. The summed E-state index contributed by atoms with van der Waals surface area (Å²) >= 11 is 0. The Labute approximate surface area is 268 Å². The second kappa shape index (κ2) is 13.2. The molecule has 2 bridgehead atoms. The third-order valence-corrected chi connectivity index (χ3v) is 18.0. The summed E-state index contributed by atoms with van der Waals surface area (Å²) in [7, 11) is -2.29. The van der Waals surface area contributed by atoms with E-state index in [4.69, 9.17) is 23.4 Å². The molecule has 3 aliphatic rings. The van der Waals surface area contributed by atoms with Crippen molar-refractivity contribution in [3.63, 3.8) is 0 Å². The summed E-state index contributed by atoms with van der Waals surface area (Å²) in [6.07, 6.45) is 1.59. The Hall–Kier alpha value is -0.476. The van der Waals surface area contributed by atoms with E-state index in [0.29, 0.717) is 19.4 Å². The van der Waals surface area contributed by atoms with Crippen LogP contribution in [-0.2, 0) is 28.2 Å². The molecule has 0 amide bonds. The predicted molar refractivity (Wildman–Crippen MR) is 177 cm³/mol. The lowest BCUT2D eigenvalue weighted by molar-refractivity contribution is -0.208. The number of Topliss-reactive ketones (excluding diaryl/α,β-unsaturated/α-hetero) is 1. The summed E-state index contributed by atoms with van der Waals surface area (Å²) in [5, 5.41) is 35.4. The van der Waals surface area contributed by atoms with Crippen LogP contribution in [0.15, 0.2) is 12.2 Å². The zero-order chi connectivity index (χ0) is 33.6. The molecule has 256 valence electrons. The van der Waals surface area contributed by atoms with Gasteiger partial charge in [0.15, 0.2) is 14.1 Å². The van der Waals surface area contributed by atoms with Gasteiger partial charge >= 0.3 is 0 Å². The van der Waals surface area contributed by atoms with Crippen LogP contribution in [0.3, 0.4) is 0 Å². The summed E-state index contributed by atoms with van der Waals surface area (Å²) in [5.74, 6) is -1.41. The van der Waals surface area contributed by atoms with Gasteiger partial charge in [-0.05, 0) is 50.4 Å². The number of aliphatic hydroxyl groups is 3. The molecular formula is C33H62O9Si2. The molecule has 8 atom stereocenters. The number of carbonyl (C=O) groups excluding carboxylic acids is 1. The standard InChI is InChI=1S/C33H62O9Si2/c1-29(2,3)44(11,12)42-26-19-24-31(6,25(35)14-15-32(24,20-34)41-22-39-17-18-43(8,9)10)28(36)27(40-21-38-7)23-13-16-33(26,37)30(23,4)5/h14-15,23-27,34-35,37H,13,16-22H2,1-12H3/t23-,24+,25-,26+,27-,31-,32-,33-/m1/s1. The molecule has 2 fully saturated rings. The lowest BCUT2D eigenvalue weighted by Gasteiger charge is -2.54. The van der Waals surface area contributed by atoms with Gasteiger partial charge in [-0.15, -0.1) is 0 Å². The van der Waals surface area contributed by atoms with Crippen molar-refractivity contribution in [1.29, 1.82) is 0 Å². The molecule has 2 saturated carbocycles. The summed E-state index contributed by atoms with van der Waals surface area (Å²) in [5.41, 5.74) is -4.89. The minimum atomic E-state index is -2.46. The van der Waals surface area contributed by atoms with Crippen molar-refractivity contribution in [2.75, 3.05) is 33.9 Å². The first-order valence-electron chi connectivity index (χ1n) is 16.3. The van der Waals surface area contributed by atoms with Crippen LogP contribution in [0.25, 0.3) is 0 Å². The van der Waals surface area contributed by atoms with Crippen molar-refractivity contribution in [1.82, 2.24) is 0 Å². The number of methoxy groups -OCH3 is 1. The molecule has 11 heteroatoms. The maximum Gasteiger partial charge on any atom is 0.192 e. The maximum atomic E-state index is 14.9. The van der Waals surface area contributed by atoms with E-state index in [-0.39, 0.29) is 36.7 Å². The fourth-order valence-electron chi connectivity index (χ4n) is 7.39. The number of rotatable bonds is 12. The molecule has 3 rings (SSSR count). The predicted octanol–water partition coefficient (Wildman–Crippen LogP) is 5.12. The van der Waals surface area contributed by atoms with Crippen LogP contribution in [0.1, 0.15) is 60.8 Å². The average molecular weight is 659 g/mol. The molecule has 3 N–H and O–H groups in total. The molecule has 0 radical (unpaired) electrons. The Morgan fingerprint density at radius 2 is 1.70 bits per heavy atom. The van der Waals surface area contributed by atoms with Crippen molar-refractivity contribution < 1.29 is 43.5 Å². The molecule has 0 aromatic rings. The van der Waals surface area contributed by atoms with Gasteiger partial charge in [0, 0.05) is 39.0 Å². The molecule has 0 saturated heterocycles. The van der Waals surface area contributed by atoms with Gasteiger partial charge in [-0.25, -0.2) is 0 Å². The van der Waals surface area contributed by atoms with E-state index in [9.17, 15) is 20.1 Å². The molecule has 0 aliphatic heterocycles. The molecule has 0 aromatic heterocycles. The Kier molecular flexibility index (Phi) is 11.4. The Morgan fingerprint density at radius 1 is 1.07 bits per heavy atom. The Morgan fingerprint density at radius 3 is 2.25 bits per heavy atom. The van der Waals surface area contributed by atoms with Crippen molar-refractivity contribution in [3.05, 3.63) is 12.2 Å². The number of hydrogen-bond acceptors (Lipinski definition) is 9. The molecular weight excluding hydrogens is 597 g/mol. The van der Waals surface area contributed by atoms with Crippen LogP contribution >= 0.6 is 0 Å². The second-order valence-corrected chi connectivity index (χ2v) is 27.4. The summed E-state index contributed by atoms with van der Waals surface area (Å²) in [4.78, 5) is 14.9. The normalized spacial score (nSPS) is 37.8. The van der Waals surface area contributed by atoms with Gasteiger partial charge < -0.3 is 38.7 Å². The van der Waals surface area contributed by atoms with Gasteiger partial charge in [0.1, 0.15) is 25.3 Å². The summed E-state index contributed by atoms with van der Waals surface area (Å²) in [6.45, 7) is 23.3. The molecule has 0 aromatic carbocycles. The van der Waals surface area contributed by atoms with Crippen LogP contribution in [-0.4, -0.2) is 101 Å². The minimum absolute atomic E-state index is 0.0814. The SMILES string of the molecule is COCO[C@H]1C(=O)[C@@]2(C)[C@H](O)C=C[C@](CO)(OCOCC[Si](C)(C)C)[C@H]2C[C@H](O[Si](C)(C)C(C)(C)C)[C@]2(O)CC[C@H]1C2(C)C. The number of ether oxygens (including phenoxy) is 4. The van der Waals surface area contributed by atoms with E-state index in [1.807, 2.05) is 13.8 Å². The fourth-order valence-corrected chi connectivity index (χ4v) is 9.50. The first-order chi connectivity index (χ1) is 20.0. The van der Waals surface area contributed by atoms with Crippen LogP contribution < -0.4 is 0 Å². The number of hydrogen-bond donors (Lipinski definition) is 3. The molecule has 9 nitrogen and oxygen atoms in total. The van der Waals surface area contributed by atoms with Crippen LogP contribution in [0.4, 0.5) is 0 Å². The largest absolute Gasteiger partial charge is 0.411 e. The first-order valence-corrected chi connectivity index (χ1v) is 22.9. The molecule has 3 aliphatic carbocycles. The number of aliphatic hydroxyl groups excluding tert-OH is 2. The van der Waals surface area contributed by atoms with Crippen LogP contribution in [0, 0.1) is 22.7 Å². The molecule has 0 heterocycles. The van der Waals surface area contributed by atoms with Crippen molar-refractivity contribution in [3.8, 4) is 0 Å². The van der Waals surface area contributed by atoms with Crippen LogP contribution in [0.2, 0.25) is 43.8 Å².